The quantitative estimate of drug-likeness (QED) is 0.904. The maximum absolute atomic E-state index is 13.6. The molecule has 2 aromatic carbocycles. The van der Waals surface area contributed by atoms with Gasteiger partial charge >= 0.3 is 0 Å². The molecule has 0 saturated carbocycles. The van der Waals surface area contributed by atoms with Gasteiger partial charge in [0.25, 0.3) is 0 Å². The van der Waals surface area contributed by atoms with Crippen molar-refractivity contribution in [3.05, 3.63) is 57.8 Å². The summed E-state index contributed by atoms with van der Waals surface area (Å²) in [5.41, 5.74) is 7.30. The summed E-state index contributed by atoms with van der Waals surface area (Å²) in [6, 6.07) is 10.4. The van der Waals surface area contributed by atoms with Crippen LogP contribution in [0.2, 0.25) is 0 Å². The molecule has 0 amide bonds. The number of halogens is 2. The van der Waals surface area contributed by atoms with Crippen molar-refractivity contribution in [3.8, 4) is 11.5 Å². The van der Waals surface area contributed by atoms with Crippen LogP contribution in [0.3, 0.4) is 0 Å². The van der Waals surface area contributed by atoms with E-state index >= 15 is 0 Å². The third-order valence-corrected chi connectivity index (χ3v) is 3.35. The van der Waals surface area contributed by atoms with E-state index in [1.54, 1.807) is 12.1 Å². The Morgan fingerprint density at radius 3 is 2.55 bits per heavy atom. The molecule has 0 aliphatic heterocycles. The maximum Gasteiger partial charge on any atom is 0.165 e. The minimum absolute atomic E-state index is 0.222. The Labute approximate surface area is 125 Å². The Balaban J connectivity index is 2.10. The van der Waals surface area contributed by atoms with Crippen molar-refractivity contribution in [2.24, 2.45) is 5.73 Å². The summed E-state index contributed by atoms with van der Waals surface area (Å²) in [6.07, 6.45) is 0. The first-order valence-electron chi connectivity index (χ1n) is 6.07. The molecule has 0 fully saturated rings. The molecule has 0 aliphatic carbocycles. The standard InChI is InChI=1S/C15H15BrFNO2/c1-19-15-4-2-10(6-13(15)17)9-20-14-5-3-12(16)7-11(14)8-18/h2-7H,8-9,18H2,1H3. The van der Waals surface area contributed by atoms with E-state index in [0.717, 1.165) is 15.6 Å². The van der Waals surface area contributed by atoms with E-state index in [9.17, 15) is 4.39 Å². The van der Waals surface area contributed by atoms with Crippen molar-refractivity contribution < 1.29 is 13.9 Å². The lowest BCUT2D eigenvalue weighted by atomic mass is 10.2. The lowest BCUT2D eigenvalue weighted by molar-refractivity contribution is 0.301. The molecule has 2 N–H and O–H groups in total. The molecular formula is C15H15BrFNO2. The minimum Gasteiger partial charge on any atom is -0.494 e. The van der Waals surface area contributed by atoms with Crippen molar-refractivity contribution in [3.63, 3.8) is 0 Å². The monoisotopic (exact) mass is 339 g/mol. The molecule has 0 heterocycles. The summed E-state index contributed by atoms with van der Waals surface area (Å²) < 4.78 is 25.1. The summed E-state index contributed by atoms with van der Waals surface area (Å²) in [7, 11) is 1.43. The molecule has 0 radical (unpaired) electrons. The lowest BCUT2D eigenvalue weighted by Gasteiger charge is -2.11. The molecule has 2 aromatic rings. The van der Waals surface area contributed by atoms with E-state index in [2.05, 4.69) is 15.9 Å². The number of hydrogen-bond donors (Lipinski definition) is 1. The Bertz CT molecular complexity index is 604. The molecular weight excluding hydrogens is 325 g/mol. The van der Waals surface area contributed by atoms with Crippen molar-refractivity contribution >= 4 is 15.9 Å². The van der Waals surface area contributed by atoms with Crippen LogP contribution in [-0.4, -0.2) is 7.11 Å². The summed E-state index contributed by atoms with van der Waals surface area (Å²) in [4.78, 5) is 0. The Morgan fingerprint density at radius 1 is 1.15 bits per heavy atom. The molecule has 2 rings (SSSR count). The van der Waals surface area contributed by atoms with Gasteiger partial charge in [0.1, 0.15) is 12.4 Å². The van der Waals surface area contributed by atoms with Crippen LogP contribution in [0.4, 0.5) is 4.39 Å². The van der Waals surface area contributed by atoms with Crippen molar-refractivity contribution in [1.29, 1.82) is 0 Å². The normalized spacial score (nSPS) is 10.4. The molecule has 106 valence electrons. The number of nitrogens with two attached hydrogens (primary N) is 1. The van der Waals surface area contributed by atoms with Crippen molar-refractivity contribution in [2.45, 2.75) is 13.2 Å². The van der Waals surface area contributed by atoms with Crippen LogP contribution < -0.4 is 15.2 Å². The highest BCUT2D eigenvalue weighted by Gasteiger charge is 2.06. The van der Waals surface area contributed by atoms with Gasteiger partial charge in [-0.15, -0.1) is 0 Å². The third-order valence-electron chi connectivity index (χ3n) is 2.85. The van der Waals surface area contributed by atoms with Gasteiger partial charge in [0.2, 0.25) is 0 Å². The van der Waals surface area contributed by atoms with E-state index in [4.69, 9.17) is 15.2 Å². The van der Waals surface area contributed by atoms with E-state index in [-0.39, 0.29) is 12.4 Å². The second-order valence-corrected chi connectivity index (χ2v) is 5.13. The topological polar surface area (TPSA) is 44.5 Å². The highest BCUT2D eigenvalue weighted by molar-refractivity contribution is 9.10. The molecule has 5 heteroatoms. The van der Waals surface area contributed by atoms with Crippen LogP contribution in [0.1, 0.15) is 11.1 Å². The Morgan fingerprint density at radius 2 is 1.90 bits per heavy atom. The Kier molecular flexibility index (Phi) is 4.98. The van der Waals surface area contributed by atoms with E-state index in [1.807, 2.05) is 18.2 Å². The van der Waals surface area contributed by atoms with Gasteiger partial charge in [-0.05, 0) is 35.9 Å². The van der Waals surface area contributed by atoms with Crippen molar-refractivity contribution in [1.82, 2.24) is 0 Å². The fourth-order valence-corrected chi connectivity index (χ4v) is 2.22. The van der Waals surface area contributed by atoms with Crippen LogP contribution in [0.5, 0.6) is 11.5 Å². The van der Waals surface area contributed by atoms with Crippen LogP contribution in [-0.2, 0) is 13.2 Å². The van der Waals surface area contributed by atoms with Gasteiger partial charge in [0.15, 0.2) is 11.6 Å². The predicted octanol–water partition coefficient (Wildman–Crippen LogP) is 3.63. The SMILES string of the molecule is COc1ccc(COc2ccc(Br)cc2CN)cc1F. The zero-order valence-electron chi connectivity index (χ0n) is 11.0. The van der Waals surface area contributed by atoms with Gasteiger partial charge in [0.05, 0.1) is 7.11 Å². The van der Waals surface area contributed by atoms with Gasteiger partial charge in [-0.3, -0.25) is 0 Å². The van der Waals surface area contributed by atoms with Gasteiger partial charge < -0.3 is 15.2 Å². The van der Waals surface area contributed by atoms with E-state index in [0.29, 0.717) is 12.3 Å². The smallest absolute Gasteiger partial charge is 0.165 e. The predicted molar refractivity (Wildman–Crippen MR) is 79.3 cm³/mol. The lowest BCUT2D eigenvalue weighted by Crippen LogP contribution is -2.03. The van der Waals surface area contributed by atoms with Gasteiger partial charge in [-0.2, -0.15) is 0 Å². The molecule has 0 saturated heterocycles. The number of benzene rings is 2. The highest BCUT2D eigenvalue weighted by Crippen LogP contribution is 2.24. The second kappa shape index (κ2) is 6.72. The van der Waals surface area contributed by atoms with E-state index in [1.165, 1.54) is 13.2 Å². The van der Waals surface area contributed by atoms with Crippen molar-refractivity contribution in [2.75, 3.05) is 7.11 Å². The molecule has 0 atom stereocenters. The van der Waals surface area contributed by atoms with Gasteiger partial charge in [0, 0.05) is 16.6 Å². The minimum atomic E-state index is -0.400. The Hall–Kier alpha value is -1.59. The molecule has 3 nitrogen and oxygen atoms in total. The zero-order chi connectivity index (χ0) is 14.5. The zero-order valence-corrected chi connectivity index (χ0v) is 12.6. The number of hydrogen-bond acceptors (Lipinski definition) is 3. The van der Waals surface area contributed by atoms with Crippen LogP contribution in [0, 0.1) is 5.82 Å². The summed E-state index contributed by atoms with van der Waals surface area (Å²) in [5.74, 6) is 0.524. The number of rotatable bonds is 5. The molecule has 20 heavy (non-hydrogen) atoms. The van der Waals surface area contributed by atoms with Gasteiger partial charge in [-0.1, -0.05) is 22.0 Å². The summed E-state index contributed by atoms with van der Waals surface area (Å²) in [5, 5.41) is 0. The second-order valence-electron chi connectivity index (χ2n) is 4.21. The first kappa shape index (κ1) is 14.8. The summed E-state index contributed by atoms with van der Waals surface area (Å²) in [6.45, 7) is 0.654. The largest absolute Gasteiger partial charge is 0.494 e. The van der Waals surface area contributed by atoms with Crippen LogP contribution in [0.25, 0.3) is 0 Å². The average molecular weight is 340 g/mol. The molecule has 0 aromatic heterocycles. The number of methoxy groups -OCH3 is 1. The van der Waals surface area contributed by atoms with Gasteiger partial charge in [-0.25, -0.2) is 4.39 Å². The average Bonchev–Trinajstić information content (AvgIpc) is 2.46. The highest BCUT2D eigenvalue weighted by atomic mass is 79.9. The fourth-order valence-electron chi connectivity index (χ4n) is 1.81. The van der Waals surface area contributed by atoms with Crippen LogP contribution in [0.15, 0.2) is 40.9 Å². The molecule has 0 unspecified atom stereocenters. The first-order chi connectivity index (χ1) is 9.63. The molecule has 0 aliphatic rings. The van der Waals surface area contributed by atoms with E-state index < -0.39 is 5.82 Å². The maximum atomic E-state index is 13.6. The molecule has 0 spiro atoms. The number of ether oxygens (including phenoxy) is 2. The van der Waals surface area contributed by atoms with Crippen LogP contribution >= 0.6 is 15.9 Å². The fraction of sp³-hybridized carbons (Fsp3) is 0.200. The molecule has 0 bridgehead atoms. The first-order valence-corrected chi connectivity index (χ1v) is 6.87. The summed E-state index contributed by atoms with van der Waals surface area (Å²) >= 11 is 3.38. The third kappa shape index (κ3) is 3.49.